The smallest absolute Gasteiger partial charge is 0.165 e. The van der Waals surface area contributed by atoms with Crippen molar-refractivity contribution >= 4 is 0 Å². The van der Waals surface area contributed by atoms with Crippen LogP contribution < -0.4 is 10.1 Å². The Labute approximate surface area is 102 Å². The Morgan fingerprint density at radius 1 is 1.41 bits per heavy atom. The first-order valence-electron chi connectivity index (χ1n) is 5.89. The van der Waals surface area contributed by atoms with E-state index in [4.69, 9.17) is 9.84 Å². The maximum absolute atomic E-state index is 13.6. The van der Waals surface area contributed by atoms with Gasteiger partial charge in [0.2, 0.25) is 0 Å². The van der Waals surface area contributed by atoms with E-state index >= 15 is 0 Å². The van der Waals surface area contributed by atoms with Crippen molar-refractivity contribution in [2.75, 3.05) is 13.2 Å². The average Bonchev–Trinajstić information content (AvgIpc) is 2.29. The molecule has 1 rings (SSSR count). The number of benzene rings is 1. The van der Waals surface area contributed by atoms with E-state index in [1.54, 1.807) is 6.07 Å². The van der Waals surface area contributed by atoms with Gasteiger partial charge in [0.15, 0.2) is 11.6 Å². The molecular formula is C13H20FNO2. The molecule has 17 heavy (non-hydrogen) atoms. The first kappa shape index (κ1) is 13.9. The molecule has 0 atom stereocenters. The Kier molecular flexibility index (Phi) is 5.94. The number of hydrogen-bond acceptors (Lipinski definition) is 3. The van der Waals surface area contributed by atoms with Gasteiger partial charge in [0, 0.05) is 25.6 Å². The van der Waals surface area contributed by atoms with Crippen LogP contribution in [0.5, 0.6) is 5.75 Å². The van der Waals surface area contributed by atoms with Crippen molar-refractivity contribution in [3.05, 3.63) is 29.6 Å². The third-order valence-electron chi connectivity index (χ3n) is 2.27. The lowest BCUT2D eigenvalue weighted by molar-refractivity contribution is 0.228. The Bertz CT molecular complexity index is 342. The van der Waals surface area contributed by atoms with Crippen LogP contribution >= 0.6 is 0 Å². The lowest BCUT2D eigenvalue weighted by Gasteiger charge is -2.10. The van der Waals surface area contributed by atoms with Crippen LogP contribution in [0.25, 0.3) is 0 Å². The molecule has 0 spiro atoms. The van der Waals surface area contributed by atoms with E-state index in [0.29, 0.717) is 25.6 Å². The molecule has 0 amide bonds. The van der Waals surface area contributed by atoms with Crippen LogP contribution in [0, 0.1) is 5.82 Å². The Balaban J connectivity index is 2.53. The van der Waals surface area contributed by atoms with Crippen LogP contribution in [0.4, 0.5) is 4.39 Å². The second-order valence-electron chi connectivity index (χ2n) is 4.23. The second-order valence-corrected chi connectivity index (χ2v) is 4.23. The molecule has 0 aliphatic heterocycles. The number of rotatable bonds is 7. The van der Waals surface area contributed by atoms with Gasteiger partial charge in [-0.25, -0.2) is 4.39 Å². The molecule has 0 saturated carbocycles. The quantitative estimate of drug-likeness (QED) is 0.718. The molecular weight excluding hydrogens is 221 g/mol. The monoisotopic (exact) mass is 241 g/mol. The molecule has 0 bridgehead atoms. The molecule has 0 fully saturated rings. The lowest BCUT2D eigenvalue weighted by atomic mass is 10.2. The molecule has 4 heteroatoms. The largest absolute Gasteiger partial charge is 0.490 e. The summed E-state index contributed by atoms with van der Waals surface area (Å²) in [6, 6.07) is 5.32. The van der Waals surface area contributed by atoms with Crippen LogP contribution in [0.2, 0.25) is 0 Å². The van der Waals surface area contributed by atoms with Gasteiger partial charge < -0.3 is 15.2 Å². The summed E-state index contributed by atoms with van der Waals surface area (Å²) in [4.78, 5) is 0. The van der Waals surface area contributed by atoms with Crippen LogP contribution in [-0.2, 0) is 6.54 Å². The zero-order chi connectivity index (χ0) is 12.7. The molecule has 1 aromatic carbocycles. The minimum atomic E-state index is -0.356. The van der Waals surface area contributed by atoms with E-state index in [1.807, 2.05) is 19.9 Å². The SMILES string of the molecule is CC(C)NCc1ccc(OCCCO)c(F)c1. The van der Waals surface area contributed by atoms with E-state index in [1.165, 1.54) is 6.07 Å². The molecule has 0 heterocycles. The third-order valence-corrected chi connectivity index (χ3v) is 2.27. The fourth-order valence-electron chi connectivity index (χ4n) is 1.34. The summed E-state index contributed by atoms with van der Waals surface area (Å²) in [5, 5.41) is 11.8. The molecule has 0 aliphatic rings. The normalized spacial score (nSPS) is 10.9. The van der Waals surface area contributed by atoms with E-state index in [9.17, 15) is 4.39 Å². The molecule has 0 aliphatic carbocycles. The molecule has 1 aromatic rings. The van der Waals surface area contributed by atoms with Gasteiger partial charge in [-0.15, -0.1) is 0 Å². The third kappa shape index (κ3) is 5.15. The molecule has 0 aromatic heterocycles. The summed E-state index contributed by atoms with van der Waals surface area (Å²) in [6.07, 6.45) is 0.510. The highest BCUT2D eigenvalue weighted by Gasteiger charge is 2.05. The van der Waals surface area contributed by atoms with Gasteiger partial charge in [0.1, 0.15) is 0 Å². The second kappa shape index (κ2) is 7.25. The predicted octanol–water partition coefficient (Wildman–Crippen LogP) is 2.08. The summed E-state index contributed by atoms with van der Waals surface area (Å²) < 4.78 is 18.8. The molecule has 0 unspecified atom stereocenters. The maximum Gasteiger partial charge on any atom is 0.165 e. The average molecular weight is 241 g/mol. The van der Waals surface area contributed by atoms with E-state index in [2.05, 4.69) is 5.32 Å². The minimum absolute atomic E-state index is 0.0536. The number of halogens is 1. The summed E-state index contributed by atoms with van der Waals surface area (Å²) in [7, 11) is 0. The van der Waals surface area contributed by atoms with Gasteiger partial charge in [-0.2, -0.15) is 0 Å². The highest BCUT2D eigenvalue weighted by molar-refractivity contribution is 5.29. The summed E-state index contributed by atoms with van der Waals surface area (Å²) >= 11 is 0. The summed E-state index contributed by atoms with van der Waals surface area (Å²) in [5.41, 5.74) is 0.894. The number of aliphatic hydroxyl groups is 1. The van der Waals surface area contributed by atoms with Gasteiger partial charge in [-0.05, 0) is 17.7 Å². The highest BCUT2D eigenvalue weighted by Crippen LogP contribution is 2.18. The lowest BCUT2D eigenvalue weighted by Crippen LogP contribution is -2.21. The van der Waals surface area contributed by atoms with Gasteiger partial charge in [0.25, 0.3) is 0 Å². The molecule has 2 N–H and O–H groups in total. The predicted molar refractivity (Wildman–Crippen MR) is 65.6 cm³/mol. The first-order valence-corrected chi connectivity index (χ1v) is 5.89. The number of hydrogen-bond donors (Lipinski definition) is 2. The van der Waals surface area contributed by atoms with Crippen molar-refractivity contribution in [2.24, 2.45) is 0 Å². The zero-order valence-electron chi connectivity index (χ0n) is 10.4. The standard InChI is InChI=1S/C13H20FNO2/c1-10(2)15-9-11-4-5-13(12(14)8-11)17-7-3-6-16/h4-5,8,10,15-16H,3,6-7,9H2,1-2H3. The van der Waals surface area contributed by atoms with Gasteiger partial charge in [-0.1, -0.05) is 19.9 Å². The number of ether oxygens (including phenoxy) is 1. The topological polar surface area (TPSA) is 41.5 Å². The highest BCUT2D eigenvalue weighted by atomic mass is 19.1. The van der Waals surface area contributed by atoms with Gasteiger partial charge in [0.05, 0.1) is 6.61 Å². The van der Waals surface area contributed by atoms with Crippen molar-refractivity contribution in [3.63, 3.8) is 0 Å². The molecule has 0 radical (unpaired) electrons. The summed E-state index contributed by atoms with van der Waals surface area (Å²) in [5.74, 6) is -0.113. The van der Waals surface area contributed by atoms with Crippen molar-refractivity contribution in [1.29, 1.82) is 0 Å². The summed E-state index contributed by atoms with van der Waals surface area (Å²) in [6.45, 7) is 5.12. The molecule has 3 nitrogen and oxygen atoms in total. The maximum atomic E-state index is 13.6. The van der Waals surface area contributed by atoms with Crippen molar-refractivity contribution in [3.8, 4) is 5.75 Å². The van der Waals surface area contributed by atoms with E-state index in [0.717, 1.165) is 5.56 Å². The van der Waals surface area contributed by atoms with E-state index < -0.39 is 0 Å². The van der Waals surface area contributed by atoms with Crippen molar-refractivity contribution < 1.29 is 14.2 Å². The van der Waals surface area contributed by atoms with Crippen molar-refractivity contribution in [2.45, 2.75) is 32.9 Å². The van der Waals surface area contributed by atoms with Crippen molar-refractivity contribution in [1.82, 2.24) is 5.32 Å². The van der Waals surface area contributed by atoms with Gasteiger partial charge in [-0.3, -0.25) is 0 Å². The minimum Gasteiger partial charge on any atom is -0.490 e. The van der Waals surface area contributed by atoms with Crippen LogP contribution in [0.3, 0.4) is 0 Å². The molecule has 0 saturated heterocycles. The Morgan fingerprint density at radius 2 is 2.18 bits per heavy atom. The van der Waals surface area contributed by atoms with E-state index in [-0.39, 0.29) is 18.2 Å². The number of aliphatic hydroxyl groups excluding tert-OH is 1. The zero-order valence-corrected chi connectivity index (χ0v) is 10.4. The Morgan fingerprint density at radius 3 is 2.76 bits per heavy atom. The number of nitrogens with one attached hydrogen (secondary N) is 1. The van der Waals surface area contributed by atoms with Crippen LogP contribution in [-0.4, -0.2) is 24.4 Å². The van der Waals surface area contributed by atoms with Crippen LogP contribution in [0.1, 0.15) is 25.8 Å². The van der Waals surface area contributed by atoms with Crippen LogP contribution in [0.15, 0.2) is 18.2 Å². The molecule has 96 valence electrons. The van der Waals surface area contributed by atoms with Gasteiger partial charge >= 0.3 is 0 Å². The fraction of sp³-hybridized carbons (Fsp3) is 0.538. The first-order chi connectivity index (χ1) is 8.13. The Hall–Kier alpha value is -1.13. The fourth-order valence-corrected chi connectivity index (χ4v) is 1.34.